The van der Waals surface area contributed by atoms with Gasteiger partial charge in [-0.2, -0.15) is 0 Å². The fourth-order valence-electron chi connectivity index (χ4n) is 3.43. The van der Waals surface area contributed by atoms with Crippen molar-refractivity contribution in [3.05, 3.63) is 107 Å². The first-order valence-corrected chi connectivity index (χ1v) is 11.5. The zero-order valence-corrected chi connectivity index (χ0v) is 21.0. The minimum atomic E-state index is 0. The number of hydrogen-bond donors (Lipinski definition) is 0. The van der Waals surface area contributed by atoms with Gasteiger partial charge in [0.2, 0.25) is 0 Å². The van der Waals surface area contributed by atoms with Crippen molar-refractivity contribution in [1.29, 1.82) is 0 Å². The van der Waals surface area contributed by atoms with Crippen molar-refractivity contribution in [2.45, 2.75) is 55.4 Å². The summed E-state index contributed by atoms with van der Waals surface area (Å²) in [4.78, 5) is 11.4. The third kappa shape index (κ3) is 6.92. The highest BCUT2D eigenvalue weighted by molar-refractivity contribution is 5.94. The molecule has 0 bridgehead atoms. The van der Waals surface area contributed by atoms with E-state index in [0.717, 1.165) is 16.7 Å². The van der Waals surface area contributed by atoms with Gasteiger partial charge in [-0.1, -0.05) is 107 Å². The van der Waals surface area contributed by atoms with Crippen LogP contribution in [0, 0.1) is 13.8 Å². The average molecular weight is 429 g/mol. The molecule has 3 aromatic carbocycles. The number of rotatable bonds is 5. The van der Waals surface area contributed by atoms with Gasteiger partial charge >= 0.3 is 0 Å². The summed E-state index contributed by atoms with van der Waals surface area (Å²) in [6, 6.07) is 22.7. The molecule has 0 atom stereocenters. The predicted molar refractivity (Wildman–Crippen MR) is 145 cm³/mol. The first-order chi connectivity index (χ1) is 15.4. The first kappa shape index (κ1) is 26.8. The number of aryl methyl sites for hydroxylation is 2. The van der Waals surface area contributed by atoms with Crippen LogP contribution in [0.1, 0.15) is 75.6 Å². The Morgan fingerprint density at radius 3 is 1.75 bits per heavy atom. The van der Waals surface area contributed by atoms with E-state index in [1.165, 1.54) is 33.4 Å². The Kier molecular flexibility index (Phi) is 11.1. The molecule has 0 heterocycles. The van der Waals surface area contributed by atoms with Crippen LogP contribution in [0.4, 0.5) is 0 Å². The Labute approximate surface area is 197 Å². The molecule has 0 saturated heterocycles. The summed E-state index contributed by atoms with van der Waals surface area (Å²) in [5, 5.41) is 0. The van der Waals surface area contributed by atoms with E-state index in [0.29, 0.717) is 0 Å². The van der Waals surface area contributed by atoms with Gasteiger partial charge in [-0.15, -0.1) is 0 Å². The molecule has 0 aromatic heterocycles. The fraction of sp³-hybridized carbons (Fsp3) is 0.258. The molecule has 0 N–H and O–H groups in total. The number of hydrogen-bond acceptors (Lipinski definition) is 1. The van der Waals surface area contributed by atoms with Crippen LogP contribution in [-0.2, 0) is 0 Å². The van der Waals surface area contributed by atoms with E-state index in [-0.39, 0.29) is 7.21 Å². The van der Waals surface area contributed by atoms with Crippen molar-refractivity contribution in [3.63, 3.8) is 0 Å². The highest BCUT2D eigenvalue weighted by atomic mass is 16.1. The van der Waals surface area contributed by atoms with E-state index in [9.17, 15) is 4.79 Å². The van der Waals surface area contributed by atoms with E-state index in [1.54, 1.807) is 6.92 Å². The van der Waals surface area contributed by atoms with Gasteiger partial charge in [-0.05, 0) is 72.2 Å². The number of carbonyl (C=O) groups is 1. The molecule has 1 nitrogen and oxygen atoms in total. The van der Waals surface area contributed by atoms with Gasteiger partial charge < -0.3 is 0 Å². The summed E-state index contributed by atoms with van der Waals surface area (Å²) in [5.41, 5.74) is 10.1. The normalized spacial score (nSPS) is 10.3. The molecule has 0 saturated carbocycles. The Morgan fingerprint density at radius 2 is 1.22 bits per heavy atom. The number of benzene rings is 3. The monoisotopic (exact) mass is 428 g/mol. The van der Waals surface area contributed by atoms with Gasteiger partial charge in [0.1, 0.15) is 0 Å². The molecule has 0 amide bonds. The lowest BCUT2D eigenvalue weighted by molar-refractivity contribution is 0.101. The Balaban J connectivity index is 0.00000194. The zero-order chi connectivity index (χ0) is 24.3. The van der Waals surface area contributed by atoms with Crippen LogP contribution in [0.2, 0.25) is 0 Å². The average Bonchev–Trinajstić information content (AvgIpc) is 2.82. The number of carbonyl (C=O) groups excluding carboxylic acids is 1. The topological polar surface area (TPSA) is 17.1 Å². The third-order valence-electron chi connectivity index (χ3n) is 5.17. The summed E-state index contributed by atoms with van der Waals surface area (Å²) in [6.45, 7) is 20.2. The van der Waals surface area contributed by atoms with Crippen molar-refractivity contribution in [2.24, 2.45) is 0 Å². The molecule has 3 rings (SSSR count). The molecule has 32 heavy (non-hydrogen) atoms. The summed E-state index contributed by atoms with van der Waals surface area (Å²) < 4.78 is 0. The highest BCUT2D eigenvalue weighted by Crippen LogP contribution is 2.29. The van der Waals surface area contributed by atoms with Crippen LogP contribution in [0.15, 0.2) is 79.4 Å². The summed E-state index contributed by atoms with van der Waals surface area (Å²) >= 11 is 0. The SMILES string of the molecule is C=C(/C=C(\C)c1ccc(-c2ccccc2C)c(C)c1)c1ccc(C(C)=O)cc1.CC.CC.[HH]. The lowest BCUT2D eigenvalue weighted by atomic mass is 9.93. The van der Waals surface area contributed by atoms with E-state index in [2.05, 4.69) is 75.9 Å². The van der Waals surface area contributed by atoms with Crippen LogP contribution in [0.25, 0.3) is 22.3 Å². The molecule has 0 radical (unpaired) electrons. The van der Waals surface area contributed by atoms with Crippen molar-refractivity contribution >= 4 is 16.9 Å². The van der Waals surface area contributed by atoms with Gasteiger partial charge in [0.25, 0.3) is 0 Å². The van der Waals surface area contributed by atoms with Crippen LogP contribution in [0.5, 0.6) is 0 Å². The van der Waals surface area contributed by atoms with Crippen LogP contribution >= 0.6 is 0 Å². The molecule has 0 fully saturated rings. The van der Waals surface area contributed by atoms with Crippen LogP contribution < -0.4 is 0 Å². The third-order valence-corrected chi connectivity index (χ3v) is 5.17. The Morgan fingerprint density at radius 1 is 0.719 bits per heavy atom. The van der Waals surface area contributed by atoms with Crippen molar-refractivity contribution < 1.29 is 6.22 Å². The maximum Gasteiger partial charge on any atom is 0.159 e. The lowest BCUT2D eigenvalue weighted by Crippen LogP contribution is -1.92. The summed E-state index contributed by atoms with van der Waals surface area (Å²) in [7, 11) is 0. The minimum Gasteiger partial charge on any atom is -0.295 e. The molecule has 0 unspecified atom stereocenters. The first-order valence-electron chi connectivity index (χ1n) is 11.5. The van der Waals surface area contributed by atoms with Gasteiger partial charge in [0, 0.05) is 6.99 Å². The fourth-order valence-corrected chi connectivity index (χ4v) is 3.43. The number of allylic oxidation sites excluding steroid dienone is 3. The summed E-state index contributed by atoms with van der Waals surface area (Å²) in [6.07, 6.45) is 2.10. The zero-order valence-electron chi connectivity index (χ0n) is 21.0. The van der Waals surface area contributed by atoms with Gasteiger partial charge in [-0.3, -0.25) is 4.79 Å². The van der Waals surface area contributed by atoms with Crippen LogP contribution in [-0.4, -0.2) is 5.78 Å². The predicted octanol–water partition coefficient (Wildman–Crippen LogP) is 9.59. The van der Waals surface area contributed by atoms with Crippen molar-refractivity contribution in [3.8, 4) is 11.1 Å². The maximum atomic E-state index is 11.4. The molecule has 3 aromatic rings. The number of Topliss-reactive ketones (excluding diaryl/α,β-unsaturated/α-hetero) is 1. The van der Waals surface area contributed by atoms with Crippen LogP contribution in [0.3, 0.4) is 0 Å². The van der Waals surface area contributed by atoms with Crippen molar-refractivity contribution in [2.75, 3.05) is 0 Å². The quantitative estimate of drug-likeness (QED) is 0.292. The maximum absolute atomic E-state index is 11.4. The molecular weight excluding hydrogens is 388 g/mol. The van der Waals surface area contributed by atoms with E-state index < -0.39 is 0 Å². The van der Waals surface area contributed by atoms with Crippen molar-refractivity contribution in [1.82, 2.24) is 0 Å². The second-order valence-corrected chi connectivity index (χ2v) is 7.33. The molecule has 0 spiro atoms. The second kappa shape index (κ2) is 13.3. The Bertz CT molecular complexity index is 1070. The van der Waals surface area contributed by atoms with Gasteiger partial charge in [0.15, 0.2) is 5.78 Å². The number of ketones is 1. The molecule has 170 valence electrons. The molecular formula is C31H40O. The smallest absolute Gasteiger partial charge is 0.159 e. The van der Waals surface area contributed by atoms with E-state index >= 15 is 0 Å². The van der Waals surface area contributed by atoms with E-state index in [1.807, 2.05) is 52.0 Å². The van der Waals surface area contributed by atoms with Gasteiger partial charge in [0.05, 0.1) is 0 Å². The summed E-state index contributed by atoms with van der Waals surface area (Å²) in [5.74, 6) is 0.0769. The van der Waals surface area contributed by atoms with E-state index in [4.69, 9.17) is 0 Å². The molecule has 0 aliphatic heterocycles. The Hall–Kier alpha value is -3.19. The molecule has 1 heteroatoms. The second-order valence-electron chi connectivity index (χ2n) is 7.33. The minimum absolute atomic E-state index is 0. The largest absolute Gasteiger partial charge is 0.295 e. The lowest BCUT2D eigenvalue weighted by Gasteiger charge is -2.12. The highest BCUT2D eigenvalue weighted by Gasteiger charge is 2.07. The standard InChI is InChI=1S/C27H26O.2C2H6.H2/c1-18-8-6-7-9-26(18)27-15-14-25(17-21(27)4)20(3)16-19(2)23-10-12-24(13-11-23)22(5)28;2*1-2;/h6-17H,2H2,1,3-5H3;2*1-2H3;1H/b20-16+;;;. The molecule has 0 aliphatic rings. The molecule has 0 aliphatic carbocycles. The van der Waals surface area contributed by atoms with Gasteiger partial charge in [-0.25, -0.2) is 0 Å².